The lowest BCUT2D eigenvalue weighted by molar-refractivity contribution is -0.136. The topological polar surface area (TPSA) is 704 Å². The second kappa shape index (κ2) is 58.8. The highest BCUT2D eigenvalue weighted by Crippen LogP contribution is 2.22. The fraction of sp³-hybridized carbons (Fsp3) is 0.644. The first kappa shape index (κ1) is 111. The summed E-state index contributed by atoms with van der Waals surface area (Å²) in [5.74, 6) is -15.4. The highest BCUT2D eigenvalue weighted by atomic mass is 16.2. The van der Waals surface area contributed by atoms with Crippen LogP contribution in [0.3, 0.4) is 0 Å². The van der Waals surface area contributed by atoms with Crippen LogP contribution in [-0.2, 0) is 89.6 Å². The van der Waals surface area contributed by atoms with Crippen LogP contribution in [-0.4, -0.2) is 229 Å². The van der Waals surface area contributed by atoms with Crippen LogP contribution in [0, 0.1) is 29.6 Å². The number of carbonyl (C=O) groups is 16. The molecule has 1 aromatic heterocycles. The van der Waals surface area contributed by atoms with Gasteiger partial charge in [-0.05, 0) is 183 Å². The maximum absolute atomic E-state index is 14.9. The molecule has 41 nitrogen and oxygen atoms in total. The molecule has 0 saturated carbocycles. The van der Waals surface area contributed by atoms with E-state index < -0.39 is 204 Å². The van der Waals surface area contributed by atoms with Gasteiger partial charge >= 0.3 is 0 Å². The maximum atomic E-state index is 14.9. The number of carbonyl (C=O) groups excluding carboxylic acids is 16. The number of nitrogens with zero attached hydrogens (tertiary/aromatic N) is 1. The number of nitrogens with one attached hydrogen (secondary N) is 15. The van der Waals surface area contributed by atoms with Gasteiger partial charge < -0.3 is 131 Å². The summed E-state index contributed by atoms with van der Waals surface area (Å²) >= 11 is 0. The number of H-pyrrole nitrogens is 1. The Morgan fingerprint density at radius 1 is 0.359 bits per heavy atom. The van der Waals surface area contributed by atoms with Crippen molar-refractivity contribution in [3.8, 4) is 0 Å². The number of nitrogens with two attached hydrogens (primary N) is 9. The van der Waals surface area contributed by atoms with E-state index in [0.29, 0.717) is 62.6 Å². The monoisotopic (exact) mass is 1800 g/mol. The zero-order valence-corrected chi connectivity index (χ0v) is 76.3. The molecule has 14 atom stereocenters. The third kappa shape index (κ3) is 41.6. The summed E-state index contributed by atoms with van der Waals surface area (Å²) in [7, 11) is 0. The van der Waals surface area contributed by atoms with Crippen LogP contribution in [0.1, 0.15) is 203 Å². The Hall–Kier alpha value is -11.4. The number of hydrogen-bond acceptors (Lipinski definition) is 22. The molecule has 0 radical (unpaired) electrons. The second-order valence-electron chi connectivity index (χ2n) is 34.5. The lowest BCUT2D eigenvalue weighted by Gasteiger charge is -2.29. The fourth-order valence-electron chi connectivity index (χ4n) is 14.0. The molecule has 0 aliphatic carbocycles. The average molecular weight is 1800 g/mol. The van der Waals surface area contributed by atoms with Crippen LogP contribution >= 0.6 is 0 Å². The number of guanidine groups is 1. The first-order chi connectivity index (χ1) is 60.5. The molecule has 41 heteroatoms. The summed E-state index contributed by atoms with van der Waals surface area (Å²) in [6.07, 6.45) is 4.47. The van der Waals surface area contributed by atoms with E-state index in [9.17, 15) is 76.7 Å². The summed E-state index contributed by atoms with van der Waals surface area (Å²) in [5, 5.41) is 38.0. The van der Waals surface area contributed by atoms with Crippen molar-refractivity contribution in [3.63, 3.8) is 0 Å². The number of rotatable bonds is 63. The lowest BCUT2D eigenvalue weighted by atomic mass is 9.98. The van der Waals surface area contributed by atoms with Crippen molar-refractivity contribution >= 4 is 111 Å². The van der Waals surface area contributed by atoms with Crippen LogP contribution < -0.4 is 126 Å². The van der Waals surface area contributed by atoms with Gasteiger partial charge in [-0.2, -0.15) is 0 Å². The normalized spacial score (nSPS) is 14.7. The van der Waals surface area contributed by atoms with Crippen LogP contribution in [0.4, 0.5) is 0 Å². The molecule has 33 N–H and O–H groups in total. The third-order valence-corrected chi connectivity index (χ3v) is 21.0. The molecule has 0 fully saturated rings. The molecule has 716 valence electrons. The Morgan fingerprint density at radius 3 is 1.19 bits per heavy atom. The first-order valence-corrected chi connectivity index (χ1v) is 44.5. The summed E-state index contributed by atoms with van der Waals surface area (Å²) in [6.45, 7) is 19.0. The molecule has 3 aromatic rings. The number of unbranched alkanes of at least 4 members (excludes halogenated alkanes) is 4. The largest absolute Gasteiger partial charge is 0.370 e. The van der Waals surface area contributed by atoms with E-state index in [4.69, 9.17) is 51.6 Å². The van der Waals surface area contributed by atoms with Gasteiger partial charge in [0.15, 0.2) is 5.96 Å². The predicted octanol–water partition coefficient (Wildman–Crippen LogP) is -2.90. The van der Waals surface area contributed by atoms with Gasteiger partial charge in [0.05, 0.1) is 19.0 Å². The van der Waals surface area contributed by atoms with Crippen molar-refractivity contribution in [2.75, 3.05) is 39.3 Å². The Kier molecular flexibility index (Phi) is 50.9. The smallest absolute Gasteiger partial charge is 0.243 e. The van der Waals surface area contributed by atoms with Gasteiger partial charge in [0.2, 0.25) is 94.5 Å². The number of hydrogen-bond donors (Lipinski definition) is 24. The van der Waals surface area contributed by atoms with Gasteiger partial charge in [0.1, 0.15) is 78.5 Å². The van der Waals surface area contributed by atoms with Crippen LogP contribution in [0.25, 0.3) is 10.9 Å². The van der Waals surface area contributed by atoms with Crippen LogP contribution in [0.15, 0.2) is 65.8 Å². The predicted molar refractivity (Wildman–Crippen MR) is 486 cm³/mol. The molecule has 0 aliphatic rings. The van der Waals surface area contributed by atoms with Crippen molar-refractivity contribution in [3.05, 3.63) is 71.9 Å². The van der Waals surface area contributed by atoms with Crippen molar-refractivity contribution in [2.24, 2.45) is 86.2 Å². The Morgan fingerprint density at radius 2 is 0.727 bits per heavy atom. The minimum absolute atomic E-state index is 0.00508. The summed E-state index contributed by atoms with van der Waals surface area (Å²) in [5.41, 5.74) is 54.0. The Labute approximate surface area is 750 Å². The number of aromatic amines is 1. The minimum Gasteiger partial charge on any atom is -0.370 e. The number of fused-ring (bicyclic) bond motifs is 1. The van der Waals surface area contributed by atoms with E-state index in [1.165, 1.54) is 6.92 Å². The Bertz CT molecular complexity index is 4100. The van der Waals surface area contributed by atoms with E-state index >= 15 is 0 Å². The molecule has 2 aromatic carbocycles. The number of benzene rings is 2. The molecule has 0 spiro atoms. The zero-order valence-electron chi connectivity index (χ0n) is 76.3. The number of amides is 16. The molecule has 0 bridgehead atoms. The number of aliphatic imine (C=N–C) groups is 1. The van der Waals surface area contributed by atoms with Gasteiger partial charge in [-0.1, -0.05) is 124 Å². The minimum atomic E-state index is -1.83. The number of para-hydroxylation sites is 1. The average Bonchev–Trinajstić information content (AvgIpc) is 1.67. The fourth-order valence-corrected chi connectivity index (χ4v) is 14.0. The summed E-state index contributed by atoms with van der Waals surface area (Å²) < 4.78 is 0. The molecule has 128 heavy (non-hydrogen) atoms. The highest BCUT2D eigenvalue weighted by molar-refractivity contribution is 6.01. The van der Waals surface area contributed by atoms with Gasteiger partial charge in [0, 0.05) is 36.5 Å². The van der Waals surface area contributed by atoms with E-state index in [1.807, 2.05) is 38.1 Å². The zero-order chi connectivity index (χ0) is 95.9. The third-order valence-electron chi connectivity index (χ3n) is 21.0. The molecule has 1 heterocycles. The van der Waals surface area contributed by atoms with Gasteiger partial charge in [-0.25, -0.2) is 0 Å². The molecule has 3 rings (SSSR count). The molecule has 0 aliphatic heterocycles. The molecule has 16 amide bonds. The molecule has 0 saturated heterocycles. The lowest BCUT2D eigenvalue weighted by Crippen LogP contribution is -2.61. The van der Waals surface area contributed by atoms with Crippen molar-refractivity contribution < 1.29 is 76.7 Å². The molecule has 0 unspecified atom stereocenters. The summed E-state index contributed by atoms with van der Waals surface area (Å²) in [6, 6.07) is -2.84. The van der Waals surface area contributed by atoms with Gasteiger partial charge in [-0.15, -0.1) is 0 Å². The first-order valence-electron chi connectivity index (χ1n) is 44.5. The van der Waals surface area contributed by atoms with E-state index in [1.54, 1.807) is 91.9 Å². The highest BCUT2D eigenvalue weighted by Gasteiger charge is 2.39. The quantitative estimate of drug-likeness (QED) is 0.0153. The van der Waals surface area contributed by atoms with Gasteiger partial charge in [0.25, 0.3) is 0 Å². The van der Waals surface area contributed by atoms with Crippen LogP contribution in [0.2, 0.25) is 0 Å². The summed E-state index contributed by atoms with van der Waals surface area (Å²) in [4.78, 5) is 232. The van der Waals surface area contributed by atoms with E-state index in [0.717, 1.165) is 10.9 Å². The van der Waals surface area contributed by atoms with Gasteiger partial charge in [-0.3, -0.25) is 81.7 Å². The number of primary amides is 2. The number of aromatic nitrogens is 1. The van der Waals surface area contributed by atoms with Crippen molar-refractivity contribution in [2.45, 2.75) is 289 Å². The van der Waals surface area contributed by atoms with E-state index in [-0.39, 0.29) is 127 Å². The van der Waals surface area contributed by atoms with Crippen LogP contribution in [0.5, 0.6) is 0 Å². The maximum Gasteiger partial charge on any atom is 0.243 e. The molecular formula is C87H147N25O16. The van der Waals surface area contributed by atoms with Crippen molar-refractivity contribution in [1.82, 2.24) is 79.4 Å². The SMILES string of the molecule is CC(C)C[C@H](NC(=O)[C@@H](NC(=O)[C@H](CCCCN)NC(=O)[C@H](CC(C)C)NC(=O)[C@@H](NC(=O)[C@H](C)NC(=O)CNC(=O)[C@H](CCCN=C(N)N)NC(=O)[C@H](CCCCN)NC(=O)[C@H](CC(N)=O)NC(=O)[C@H](Cc1ccccc1)NC(=O)[C@H](CC(C)C)NC(=O)[C@H](CCCCN)NC(=O)[C@H](Cc1c[nH]c2ccccc12)NC(=O)[C@@H](N)CCCCN)C(C)C)C(C)C)C(N)=O. The standard InChI is InChI=1S/C87H147N25O16/c1-48(2)40-63(73(94)115)105-85(127)72(52(9)10)112-79(121)62(33-20-24-38-91)104-80(122)65(42-50(5)6)110-86(128)71(51(7)8)111-74(116)53(11)100-70(114)47-99-76(118)59(34-25-39-97-87(95)96)101-77(119)60(31-18-22-36-89)103-84(126)68(45-69(93)113)109-82(124)66(43-54-26-13-12-14-27-54)108-81(123)64(41-49(3)4)107-78(120)61(32-19-23-37-90)102-83(125)67(106-75(117)57(92)29-17-21-35-88)44-55-46-98-58-30-16-15-28-56(55)58/h12-16,26-28,30,46,48-53,57,59-68,71-72,98H,17-25,29,31-45,47,88-92H2,1-11H3,(H2,93,113)(H2,94,115)(H,99,118)(H,100,114)(H,101,119)(H,102,125)(H,103,126)(H,104,122)(H,105,127)(H,106,117)(H,107,120)(H,108,123)(H,109,124)(H,110,128)(H,111,116)(H,112,121)(H4,95,96,97)/t53-,57-,59-,60-,61-,62-,63-,64-,65-,66-,67-,68-,71-,72-/m0/s1. The molecular weight excluding hydrogens is 1650 g/mol. The second-order valence-corrected chi connectivity index (χ2v) is 34.5. The van der Waals surface area contributed by atoms with E-state index in [2.05, 4.69) is 84.4 Å². The Balaban J connectivity index is 1.90. The van der Waals surface area contributed by atoms with Crippen molar-refractivity contribution in [1.29, 1.82) is 0 Å².